The molecule has 110 valence electrons. The number of amides is 1. The van der Waals surface area contributed by atoms with Crippen LogP contribution < -0.4 is 10.5 Å². The normalized spacial score (nSPS) is 18.9. The first-order valence-electron chi connectivity index (χ1n) is 7.33. The molecule has 20 heavy (non-hydrogen) atoms. The molecule has 0 radical (unpaired) electrons. The van der Waals surface area contributed by atoms with Crippen molar-refractivity contribution in [1.82, 2.24) is 4.90 Å². The first kappa shape index (κ1) is 14.9. The van der Waals surface area contributed by atoms with E-state index in [1.54, 1.807) is 7.11 Å². The molecule has 1 fully saturated rings. The number of likely N-dealkylation sites (tertiary alicyclic amines) is 1. The van der Waals surface area contributed by atoms with Gasteiger partial charge in [-0.05, 0) is 49.4 Å². The Hall–Kier alpha value is -1.55. The number of carbonyl (C=O) groups is 1. The summed E-state index contributed by atoms with van der Waals surface area (Å²) in [5.41, 5.74) is 6.63. The van der Waals surface area contributed by atoms with Crippen LogP contribution >= 0.6 is 0 Å². The van der Waals surface area contributed by atoms with Gasteiger partial charge in [-0.15, -0.1) is 0 Å². The average molecular weight is 276 g/mol. The second-order valence-corrected chi connectivity index (χ2v) is 5.45. The van der Waals surface area contributed by atoms with E-state index in [2.05, 4.69) is 0 Å². The van der Waals surface area contributed by atoms with Crippen LogP contribution in [0.2, 0.25) is 0 Å². The van der Waals surface area contributed by atoms with E-state index < -0.39 is 0 Å². The summed E-state index contributed by atoms with van der Waals surface area (Å²) in [6.45, 7) is 2.45. The van der Waals surface area contributed by atoms with Crippen molar-refractivity contribution in [2.24, 2.45) is 11.7 Å². The number of methoxy groups -OCH3 is 1. The van der Waals surface area contributed by atoms with Gasteiger partial charge in [-0.25, -0.2) is 0 Å². The van der Waals surface area contributed by atoms with Crippen molar-refractivity contribution in [3.05, 3.63) is 29.8 Å². The minimum absolute atomic E-state index is 0.208. The predicted octanol–water partition coefficient (Wildman–Crippen LogP) is 1.83. The van der Waals surface area contributed by atoms with Gasteiger partial charge in [0.15, 0.2) is 0 Å². The van der Waals surface area contributed by atoms with Crippen LogP contribution in [0.15, 0.2) is 24.3 Å². The summed E-state index contributed by atoms with van der Waals surface area (Å²) in [7, 11) is 1.64. The van der Waals surface area contributed by atoms with Crippen LogP contribution in [-0.2, 0) is 11.2 Å². The molecule has 1 saturated heterocycles. The zero-order chi connectivity index (χ0) is 14.4. The Morgan fingerprint density at radius 1 is 1.50 bits per heavy atom. The third-order valence-electron chi connectivity index (χ3n) is 3.94. The average Bonchev–Trinajstić information content (AvgIpc) is 2.48. The number of nitrogens with two attached hydrogens (primary N) is 1. The molecule has 0 saturated carbocycles. The molecule has 1 aromatic rings. The molecule has 2 rings (SSSR count). The fraction of sp³-hybridized carbons (Fsp3) is 0.562. The molecule has 1 heterocycles. The first-order chi connectivity index (χ1) is 9.72. The fourth-order valence-electron chi connectivity index (χ4n) is 2.83. The molecule has 1 aliphatic rings. The highest BCUT2D eigenvalue weighted by molar-refractivity contribution is 5.79. The van der Waals surface area contributed by atoms with Crippen LogP contribution in [0.3, 0.4) is 0 Å². The zero-order valence-electron chi connectivity index (χ0n) is 12.2. The van der Waals surface area contributed by atoms with E-state index in [4.69, 9.17) is 10.5 Å². The van der Waals surface area contributed by atoms with Crippen LogP contribution in [0.5, 0.6) is 5.75 Å². The van der Waals surface area contributed by atoms with Crippen molar-refractivity contribution < 1.29 is 9.53 Å². The van der Waals surface area contributed by atoms with Gasteiger partial charge in [0, 0.05) is 13.1 Å². The summed E-state index contributed by atoms with van der Waals surface area (Å²) >= 11 is 0. The number of carbonyl (C=O) groups excluding carboxylic acids is 1. The molecule has 1 amide bonds. The lowest BCUT2D eigenvalue weighted by Gasteiger charge is -2.32. The van der Waals surface area contributed by atoms with Crippen molar-refractivity contribution in [2.45, 2.75) is 25.7 Å². The van der Waals surface area contributed by atoms with E-state index in [1.807, 2.05) is 29.2 Å². The highest BCUT2D eigenvalue weighted by Gasteiger charge is 2.23. The molecular weight excluding hydrogens is 252 g/mol. The Balaban J connectivity index is 1.93. The van der Waals surface area contributed by atoms with E-state index in [1.165, 1.54) is 6.42 Å². The van der Waals surface area contributed by atoms with Crippen molar-refractivity contribution in [1.29, 1.82) is 0 Å². The Morgan fingerprint density at radius 2 is 2.35 bits per heavy atom. The van der Waals surface area contributed by atoms with E-state index in [-0.39, 0.29) is 5.91 Å². The quantitative estimate of drug-likeness (QED) is 0.892. The standard InChI is InChI=1S/C16H24N2O2/c1-20-15-6-2-4-14(10-15)11-16(19)18-9-3-5-13(12-18)7-8-17/h2,4,6,10,13H,3,5,7-9,11-12,17H2,1H3. The maximum absolute atomic E-state index is 12.4. The minimum Gasteiger partial charge on any atom is -0.497 e. The Kier molecular flexibility index (Phi) is 5.41. The molecule has 1 aromatic carbocycles. The number of hydrogen-bond acceptors (Lipinski definition) is 3. The van der Waals surface area contributed by atoms with Crippen LogP contribution in [0, 0.1) is 5.92 Å². The monoisotopic (exact) mass is 276 g/mol. The maximum atomic E-state index is 12.4. The van der Waals surface area contributed by atoms with Gasteiger partial charge in [0.05, 0.1) is 13.5 Å². The predicted molar refractivity (Wildman–Crippen MR) is 79.7 cm³/mol. The summed E-state index contributed by atoms with van der Waals surface area (Å²) < 4.78 is 5.19. The molecule has 1 atom stereocenters. The lowest BCUT2D eigenvalue weighted by Crippen LogP contribution is -2.41. The van der Waals surface area contributed by atoms with Crippen LogP contribution in [0.1, 0.15) is 24.8 Å². The van der Waals surface area contributed by atoms with Crippen molar-refractivity contribution in [3.8, 4) is 5.75 Å². The van der Waals surface area contributed by atoms with Crippen LogP contribution in [0.4, 0.5) is 0 Å². The number of hydrogen-bond donors (Lipinski definition) is 1. The summed E-state index contributed by atoms with van der Waals surface area (Å²) in [5, 5.41) is 0. The SMILES string of the molecule is COc1cccc(CC(=O)N2CCCC(CCN)C2)c1. The first-order valence-corrected chi connectivity index (χ1v) is 7.33. The highest BCUT2D eigenvalue weighted by Crippen LogP contribution is 2.20. The van der Waals surface area contributed by atoms with Crippen molar-refractivity contribution in [2.75, 3.05) is 26.7 Å². The minimum atomic E-state index is 0.208. The van der Waals surface area contributed by atoms with Crippen molar-refractivity contribution in [3.63, 3.8) is 0 Å². The number of ether oxygens (including phenoxy) is 1. The maximum Gasteiger partial charge on any atom is 0.227 e. The topological polar surface area (TPSA) is 55.6 Å². The summed E-state index contributed by atoms with van der Waals surface area (Å²) in [5.74, 6) is 1.58. The molecule has 4 heteroatoms. The van der Waals surface area contributed by atoms with Gasteiger partial charge in [0.25, 0.3) is 0 Å². The van der Waals surface area contributed by atoms with Gasteiger partial charge < -0.3 is 15.4 Å². The smallest absolute Gasteiger partial charge is 0.227 e. The molecule has 4 nitrogen and oxygen atoms in total. The molecule has 2 N–H and O–H groups in total. The van der Waals surface area contributed by atoms with E-state index in [0.29, 0.717) is 18.9 Å². The third kappa shape index (κ3) is 3.97. The van der Waals surface area contributed by atoms with Gasteiger partial charge in [0.1, 0.15) is 5.75 Å². The Bertz CT molecular complexity index is 446. The number of nitrogens with zero attached hydrogens (tertiary/aromatic N) is 1. The van der Waals surface area contributed by atoms with Crippen molar-refractivity contribution >= 4 is 5.91 Å². The van der Waals surface area contributed by atoms with Gasteiger partial charge in [-0.1, -0.05) is 12.1 Å². The van der Waals surface area contributed by atoms with E-state index in [0.717, 1.165) is 37.2 Å². The van der Waals surface area contributed by atoms with Gasteiger partial charge in [-0.2, -0.15) is 0 Å². The summed E-state index contributed by atoms with van der Waals surface area (Å²) in [4.78, 5) is 14.4. The Labute approximate surface area is 120 Å². The fourth-order valence-corrected chi connectivity index (χ4v) is 2.83. The third-order valence-corrected chi connectivity index (χ3v) is 3.94. The second-order valence-electron chi connectivity index (χ2n) is 5.45. The molecular formula is C16H24N2O2. The molecule has 0 aliphatic carbocycles. The van der Waals surface area contributed by atoms with Gasteiger partial charge in [-0.3, -0.25) is 4.79 Å². The number of rotatable bonds is 5. The molecule has 1 aliphatic heterocycles. The largest absolute Gasteiger partial charge is 0.497 e. The highest BCUT2D eigenvalue weighted by atomic mass is 16.5. The second kappa shape index (κ2) is 7.29. The number of piperidine rings is 1. The van der Waals surface area contributed by atoms with E-state index in [9.17, 15) is 4.79 Å². The lowest BCUT2D eigenvalue weighted by atomic mass is 9.94. The van der Waals surface area contributed by atoms with Crippen LogP contribution in [-0.4, -0.2) is 37.6 Å². The number of benzene rings is 1. The summed E-state index contributed by atoms with van der Waals surface area (Å²) in [6, 6.07) is 7.72. The van der Waals surface area contributed by atoms with E-state index >= 15 is 0 Å². The van der Waals surface area contributed by atoms with Gasteiger partial charge >= 0.3 is 0 Å². The Morgan fingerprint density at radius 3 is 3.10 bits per heavy atom. The van der Waals surface area contributed by atoms with Crippen LogP contribution in [0.25, 0.3) is 0 Å². The molecule has 0 spiro atoms. The van der Waals surface area contributed by atoms with Gasteiger partial charge in [0.2, 0.25) is 5.91 Å². The molecule has 0 aromatic heterocycles. The molecule has 1 unspecified atom stereocenters. The summed E-state index contributed by atoms with van der Waals surface area (Å²) in [6.07, 6.45) is 3.75. The molecule has 0 bridgehead atoms. The lowest BCUT2D eigenvalue weighted by molar-refractivity contribution is -0.132. The zero-order valence-corrected chi connectivity index (χ0v) is 12.2.